The zero-order valence-electron chi connectivity index (χ0n) is 19.8. The zero-order valence-corrected chi connectivity index (χ0v) is 20.7. The third-order valence-corrected chi connectivity index (χ3v) is 9.42. The highest BCUT2D eigenvalue weighted by Crippen LogP contribution is 2.53. The van der Waals surface area contributed by atoms with Crippen LogP contribution in [0.15, 0.2) is 0 Å². The van der Waals surface area contributed by atoms with Crippen molar-refractivity contribution in [2.75, 3.05) is 0 Å². The van der Waals surface area contributed by atoms with Crippen LogP contribution in [0.3, 0.4) is 0 Å². The molecule has 0 aliphatic heterocycles. The van der Waals surface area contributed by atoms with Crippen LogP contribution < -0.4 is 0 Å². The first kappa shape index (κ1) is 25.4. The van der Waals surface area contributed by atoms with E-state index in [4.69, 9.17) is 9.05 Å². The van der Waals surface area contributed by atoms with Gasteiger partial charge >= 0.3 is 7.82 Å². The highest BCUT2D eigenvalue weighted by Gasteiger charge is 2.42. The van der Waals surface area contributed by atoms with Gasteiger partial charge in [0.2, 0.25) is 0 Å². The van der Waals surface area contributed by atoms with E-state index in [1.54, 1.807) is 0 Å². The van der Waals surface area contributed by atoms with Gasteiger partial charge < -0.3 is 4.89 Å². The summed E-state index contributed by atoms with van der Waals surface area (Å²) in [5.74, 6) is 3.75. The maximum atomic E-state index is 12.9. The Kier molecular flexibility index (Phi) is 10.2. The van der Waals surface area contributed by atoms with Gasteiger partial charge in [0, 0.05) is 0 Å². The van der Waals surface area contributed by atoms with Crippen LogP contribution in [0, 0.1) is 35.5 Å². The van der Waals surface area contributed by atoms with E-state index in [-0.39, 0.29) is 12.2 Å². The van der Waals surface area contributed by atoms with Gasteiger partial charge in [0.15, 0.2) is 0 Å². The Balaban J connectivity index is 2.01. The summed E-state index contributed by atoms with van der Waals surface area (Å²) < 4.78 is 24.6. The summed E-state index contributed by atoms with van der Waals surface area (Å²) in [4.78, 5) is 10.6. The predicted molar refractivity (Wildman–Crippen MR) is 121 cm³/mol. The van der Waals surface area contributed by atoms with Gasteiger partial charge in [-0.25, -0.2) is 4.57 Å². The van der Waals surface area contributed by atoms with Crippen molar-refractivity contribution in [1.82, 2.24) is 0 Å². The molecule has 4 unspecified atom stereocenters. The molecule has 0 amide bonds. The van der Waals surface area contributed by atoms with Crippen LogP contribution in [0.25, 0.3) is 0 Å². The van der Waals surface area contributed by atoms with Crippen molar-refractivity contribution in [3.63, 3.8) is 0 Å². The van der Waals surface area contributed by atoms with Gasteiger partial charge in [0.1, 0.15) is 0 Å². The standard InChI is InChI=1S/C24H47O4P/c1-7-17-13-21(14-18(8-2)23(17)11-5)27-29(25,26)28-22-15-19(9-3)24(12-6)20(10-4)16-22/h17-24H,7-16H2,1-6H3,(H,25,26). The van der Waals surface area contributed by atoms with Gasteiger partial charge in [0.05, 0.1) is 12.2 Å². The highest BCUT2D eigenvalue weighted by molar-refractivity contribution is 7.47. The lowest BCUT2D eigenvalue weighted by atomic mass is 9.68. The maximum absolute atomic E-state index is 12.9. The average molecular weight is 431 g/mol. The molecule has 0 aromatic heterocycles. The van der Waals surface area contributed by atoms with Crippen molar-refractivity contribution in [3.05, 3.63) is 0 Å². The smallest absolute Gasteiger partial charge is 0.302 e. The minimum absolute atomic E-state index is 0.153. The van der Waals surface area contributed by atoms with Crippen molar-refractivity contribution in [3.8, 4) is 0 Å². The topological polar surface area (TPSA) is 55.8 Å². The minimum atomic E-state index is -4.03. The molecule has 2 aliphatic rings. The summed E-state index contributed by atoms with van der Waals surface area (Å²) in [7, 11) is -4.03. The van der Waals surface area contributed by atoms with E-state index >= 15 is 0 Å². The van der Waals surface area contributed by atoms with E-state index in [2.05, 4.69) is 41.5 Å². The summed E-state index contributed by atoms with van der Waals surface area (Å²) in [6, 6.07) is 0. The van der Waals surface area contributed by atoms with E-state index < -0.39 is 7.82 Å². The van der Waals surface area contributed by atoms with Crippen molar-refractivity contribution < 1.29 is 18.5 Å². The van der Waals surface area contributed by atoms with Crippen LogP contribution in [0.2, 0.25) is 0 Å². The molecule has 2 rings (SSSR count). The minimum Gasteiger partial charge on any atom is -0.302 e. The van der Waals surface area contributed by atoms with Gasteiger partial charge in [-0.2, -0.15) is 0 Å². The highest BCUT2D eigenvalue weighted by atomic mass is 31.2. The fraction of sp³-hybridized carbons (Fsp3) is 1.00. The first-order valence-electron chi connectivity index (χ1n) is 12.5. The van der Waals surface area contributed by atoms with Crippen LogP contribution in [0.1, 0.15) is 106 Å². The molecule has 172 valence electrons. The molecular formula is C24H47O4P. The Bertz CT molecular complexity index is 455. The van der Waals surface area contributed by atoms with Gasteiger partial charge in [-0.3, -0.25) is 9.05 Å². The van der Waals surface area contributed by atoms with Gasteiger partial charge in [0.25, 0.3) is 0 Å². The van der Waals surface area contributed by atoms with Crippen LogP contribution in [-0.2, 0) is 13.6 Å². The van der Waals surface area contributed by atoms with E-state index in [1.165, 1.54) is 12.8 Å². The number of hydrogen-bond donors (Lipinski definition) is 1. The zero-order chi connectivity index (χ0) is 21.6. The van der Waals surface area contributed by atoms with Gasteiger partial charge in [-0.1, -0.05) is 80.1 Å². The molecule has 0 aromatic carbocycles. The van der Waals surface area contributed by atoms with Gasteiger partial charge in [-0.15, -0.1) is 0 Å². The predicted octanol–water partition coefficient (Wildman–Crippen LogP) is 7.60. The van der Waals surface area contributed by atoms with E-state index in [9.17, 15) is 9.46 Å². The molecule has 2 fully saturated rings. The molecule has 29 heavy (non-hydrogen) atoms. The van der Waals surface area contributed by atoms with Crippen LogP contribution in [0.4, 0.5) is 0 Å². The van der Waals surface area contributed by atoms with E-state index in [0.717, 1.165) is 51.4 Å². The third-order valence-electron chi connectivity index (χ3n) is 8.29. The second kappa shape index (κ2) is 11.7. The van der Waals surface area contributed by atoms with Crippen molar-refractivity contribution >= 4 is 7.82 Å². The second-order valence-electron chi connectivity index (χ2n) is 9.68. The Hall–Kier alpha value is 0.110. The Morgan fingerprint density at radius 2 is 0.897 bits per heavy atom. The fourth-order valence-corrected chi connectivity index (χ4v) is 7.94. The molecule has 0 spiro atoms. The normalized spacial score (nSPS) is 40.5. The fourth-order valence-electron chi connectivity index (χ4n) is 6.80. The molecule has 1 N–H and O–H groups in total. The van der Waals surface area contributed by atoms with E-state index in [1.807, 2.05) is 0 Å². The molecule has 2 aliphatic carbocycles. The lowest BCUT2D eigenvalue weighted by molar-refractivity contribution is -0.0175. The van der Waals surface area contributed by atoms with Crippen molar-refractivity contribution in [2.45, 2.75) is 118 Å². The molecule has 4 atom stereocenters. The molecular weight excluding hydrogens is 383 g/mol. The quantitative estimate of drug-likeness (QED) is 0.362. The molecule has 0 aromatic rings. The third kappa shape index (κ3) is 6.55. The molecule has 0 heterocycles. The molecule has 0 radical (unpaired) electrons. The first-order valence-corrected chi connectivity index (χ1v) is 14.0. The largest absolute Gasteiger partial charge is 0.472 e. The first-order chi connectivity index (χ1) is 13.8. The summed E-state index contributed by atoms with van der Waals surface area (Å²) in [6.07, 6.45) is 10.1. The Morgan fingerprint density at radius 3 is 1.10 bits per heavy atom. The summed E-state index contributed by atoms with van der Waals surface area (Å²) >= 11 is 0. The number of phosphoric ester groups is 1. The molecule has 4 nitrogen and oxygen atoms in total. The monoisotopic (exact) mass is 430 g/mol. The summed E-state index contributed by atoms with van der Waals surface area (Å²) in [6.45, 7) is 13.5. The lowest BCUT2D eigenvalue weighted by Gasteiger charge is -2.43. The second-order valence-corrected chi connectivity index (χ2v) is 11.0. The Labute approximate surface area is 180 Å². The summed E-state index contributed by atoms with van der Waals surface area (Å²) in [5.41, 5.74) is 0. The number of rotatable bonds is 10. The average Bonchev–Trinajstić information content (AvgIpc) is 2.71. The van der Waals surface area contributed by atoms with Crippen LogP contribution >= 0.6 is 7.82 Å². The van der Waals surface area contributed by atoms with Crippen LogP contribution in [0.5, 0.6) is 0 Å². The maximum Gasteiger partial charge on any atom is 0.472 e. The van der Waals surface area contributed by atoms with Gasteiger partial charge in [-0.05, 0) is 61.2 Å². The molecule has 2 saturated carbocycles. The van der Waals surface area contributed by atoms with Crippen molar-refractivity contribution in [1.29, 1.82) is 0 Å². The van der Waals surface area contributed by atoms with Crippen molar-refractivity contribution in [2.24, 2.45) is 35.5 Å². The number of phosphoric acid groups is 1. The SMILES string of the molecule is CCC1CC(OP(=O)(O)OC2CC(CC)C(CC)C(CC)C2)CC(CC)C1CC. The lowest BCUT2D eigenvalue weighted by Crippen LogP contribution is -2.37. The molecule has 5 heteroatoms. The molecule has 0 saturated heterocycles. The van der Waals surface area contributed by atoms with Crippen LogP contribution in [-0.4, -0.2) is 17.1 Å². The van der Waals surface area contributed by atoms with E-state index in [0.29, 0.717) is 35.5 Å². The molecule has 0 bridgehead atoms. The number of hydrogen-bond acceptors (Lipinski definition) is 3. The Morgan fingerprint density at radius 1 is 0.621 bits per heavy atom. The summed E-state index contributed by atoms with van der Waals surface area (Å²) in [5, 5.41) is 0.